The number of aromatic nitrogens is 1. The van der Waals surface area contributed by atoms with Gasteiger partial charge in [-0.25, -0.2) is 0 Å². The number of hydrogen-bond donors (Lipinski definition) is 0. The van der Waals surface area contributed by atoms with E-state index < -0.39 is 0 Å². The molecule has 0 unspecified atom stereocenters. The van der Waals surface area contributed by atoms with Crippen molar-refractivity contribution in [3.8, 4) is 11.5 Å². The van der Waals surface area contributed by atoms with Crippen molar-refractivity contribution in [2.45, 2.75) is 30.8 Å². The molecule has 6 nitrogen and oxygen atoms in total. The second kappa shape index (κ2) is 6.21. The number of nitrogens with zero attached hydrogens (tertiary/aromatic N) is 3. The standard InChI is InChI=1S/C22H23N3O3/c26-22(17-3-1-2-8-23-17)25-12-16(15-4-5-18-19(11-15)28-13-27-18)21-20(25)14-6-9-24(21)10-7-14/h1-5,8,11,14,16,20-21H,6-7,9-10,12-13H2/t16-,20+,21+/m1/s1. The number of piperidine rings is 3. The van der Waals surface area contributed by atoms with E-state index in [-0.39, 0.29) is 24.7 Å². The van der Waals surface area contributed by atoms with E-state index >= 15 is 0 Å². The number of ether oxygens (including phenoxy) is 2. The molecule has 1 aromatic carbocycles. The summed E-state index contributed by atoms with van der Waals surface area (Å²) in [6.07, 6.45) is 4.06. The summed E-state index contributed by atoms with van der Waals surface area (Å²) in [5, 5.41) is 0. The van der Waals surface area contributed by atoms with Crippen LogP contribution in [0.15, 0.2) is 42.6 Å². The van der Waals surface area contributed by atoms with Gasteiger partial charge >= 0.3 is 0 Å². The first-order valence-electron chi connectivity index (χ1n) is 10.2. The van der Waals surface area contributed by atoms with Gasteiger partial charge in [0.15, 0.2) is 11.5 Å². The average Bonchev–Trinajstić information content (AvgIpc) is 3.40. The van der Waals surface area contributed by atoms with E-state index in [0.29, 0.717) is 17.7 Å². The summed E-state index contributed by atoms with van der Waals surface area (Å²) in [7, 11) is 0. The van der Waals surface area contributed by atoms with Crippen LogP contribution < -0.4 is 9.47 Å². The van der Waals surface area contributed by atoms with Crippen LogP contribution in [0.25, 0.3) is 0 Å². The van der Waals surface area contributed by atoms with Gasteiger partial charge in [0.25, 0.3) is 5.91 Å². The fourth-order valence-corrected chi connectivity index (χ4v) is 5.73. The van der Waals surface area contributed by atoms with E-state index in [1.165, 1.54) is 18.4 Å². The number of carbonyl (C=O) groups excluding carboxylic acids is 1. The van der Waals surface area contributed by atoms with E-state index in [9.17, 15) is 4.79 Å². The summed E-state index contributed by atoms with van der Waals surface area (Å²) in [6, 6.07) is 12.5. The van der Waals surface area contributed by atoms with E-state index in [1.807, 2.05) is 24.3 Å². The quantitative estimate of drug-likeness (QED) is 0.805. The van der Waals surface area contributed by atoms with Gasteiger partial charge in [-0.2, -0.15) is 0 Å². The Morgan fingerprint density at radius 1 is 1.04 bits per heavy atom. The Morgan fingerprint density at radius 3 is 2.71 bits per heavy atom. The Balaban J connectivity index is 1.39. The largest absolute Gasteiger partial charge is 0.454 e. The molecule has 1 amide bonds. The third-order valence-electron chi connectivity index (χ3n) is 6.96. The van der Waals surface area contributed by atoms with Crippen molar-refractivity contribution in [2.75, 3.05) is 26.4 Å². The minimum Gasteiger partial charge on any atom is -0.454 e. The molecule has 144 valence electrons. The molecule has 4 fully saturated rings. The fourth-order valence-electron chi connectivity index (χ4n) is 5.73. The van der Waals surface area contributed by atoms with E-state index in [4.69, 9.17) is 9.47 Å². The second-order valence-corrected chi connectivity index (χ2v) is 8.25. The first kappa shape index (κ1) is 16.4. The molecule has 0 N–H and O–H groups in total. The number of hydrogen-bond acceptors (Lipinski definition) is 5. The highest BCUT2D eigenvalue weighted by atomic mass is 16.7. The minimum atomic E-state index is 0.0626. The lowest BCUT2D eigenvalue weighted by atomic mass is 9.75. The van der Waals surface area contributed by atoms with Crippen molar-refractivity contribution < 1.29 is 14.3 Å². The Morgan fingerprint density at radius 2 is 1.89 bits per heavy atom. The third kappa shape index (κ3) is 2.37. The molecule has 6 heteroatoms. The van der Waals surface area contributed by atoms with E-state index in [0.717, 1.165) is 31.1 Å². The van der Waals surface area contributed by atoms with E-state index in [1.54, 1.807) is 6.20 Å². The molecule has 2 bridgehead atoms. The average molecular weight is 377 g/mol. The van der Waals surface area contributed by atoms with Crippen molar-refractivity contribution in [1.82, 2.24) is 14.8 Å². The van der Waals surface area contributed by atoms with Gasteiger partial charge in [-0.05, 0) is 61.7 Å². The molecule has 3 atom stereocenters. The monoisotopic (exact) mass is 377 g/mol. The van der Waals surface area contributed by atoms with Crippen molar-refractivity contribution >= 4 is 5.91 Å². The lowest BCUT2D eigenvalue weighted by molar-refractivity contribution is -0.00358. The Kier molecular flexibility index (Phi) is 3.63. The predicted molar refractivity (Wildman–Crippen MR) is 102 cm³/mol. The number of likely N-dealkylation sites (tertiary alicyclic amines) is 1. The molecule has 0 aliphatic carbocycles. The molecule has 5 aliphatic rings. The molecule has 28 heavy (non-hydrogen) atoms. The van der Waals surface area contributed by atoms with Crippen LogP contribution in [0.1, 0.15) is 34.8 Å². The van der Waals surface area contributed by atoms with Crippen molar-refractivity contribution in [1.29, 1.82) is 0 Å². The molecule has 0 radical (unpaired) electrons. The number of rotatable bonds is 2. The Bertz CT molecular complexity index is 910. The maximum atomic E-state index is 13.3. The van der Waals surface area contributed by atoms with Crippen LogP contribution in [0.3, 0.4) is 0 Å². The Hall–Kier alpha value is -2.60. The summed E-state index contributed by atoms with van der Waals surface area (Å²) in [6.45, 7) is 3.29. The zero-order valence-electron chi connectivity index (χ0n) is 15.7. The zero-order chi connectivity index (χ0) is 18.7. The van der Waals surface area contributed by atoms with Gasteiger partial charge in [0.1, 0.15) is 5.69 Å². The van der Waals surface area contributed by atoms with Crippen LogP contribution in [0, 0.1) is 5.92 Å². The summed E-state index contributed by atoms with van der Waals surface area (Å²) in [5.74, 6) is 2.56. The lowest BCUT2D eigenvalue weighted by Gasteiger charge is -2.51. The van der Waals surface area contributed by atoms with Crippen LogP contribution in [0.5, 0.6) is 11.5 Å². The van der Waals surface area contributed by atoms with Gasteiger partial charge in [0, 0.05) is 24.7 Å². The molecule has 2 aromatic rings. The van der Waals surface area contributed by atoms with Gasteiger partial charge in [0.05, 0.1) is 6.04 Å². The maximum absolute atomic E-state index is 13.3. The summed E-state index contributed by atoms with van der Waals surface area (Å²) in [4.78, 5) is 22.4. The highest BCUT2D eigenvalue weighted by Gasteiger charge is 2.54. The number of amides is 1. The van der Waals surface area contributed by atoms with Crippen molar-refractivity contribution in [2.24, 2.45) is 5.92 Å². The minimum absolute atomic E-state index is 0.0626. The predicted octanol–water partition coefficient (Wildman–Crippen LogP) is 2.51. The molecule has 0 spiro atoms. The second-order valence-electron chi connectivity index (χ2n) is 8.25. The molecule has 4 saturated heterocycles. The first-order valence-corrected chi connectivity index (χ1v) is 10.2. The van der Waals surface area contributed by atoms with Crippen LogP contribution in [0.2, 0.25) is 0 Å². The topological polar surface area (TPSA) is 54.9 Å². The van der Waals surface area contributed by atoms with Gasteiger partial charge in [-0.15, -0.1) is 0 Å². The number of benzene rings is 1. The maximum Gasteiger partial charge on any atom is 0.272 e. The first-order chi connectivity index (χ1) is 13.8. The highest BCUT2D eigenvalue weighted by Crippen LogP contribution is 2.48. The summed E-state index contributed by atoms with van der Waals surface area (Å²) in [5.41, 5.74) is 1.78. The molecule has 0 saturated carbocycles. The smallest absolute Gasteiger partial charge is 0.272 e. The number of fused-ring (bicyclic) bond motifs is 3. The Labute approximate surface area is 164 Å². The fraction of sp³-hybridized carbons (Fsp3) is 0.455. The lowest BCUT2D eigenvalue weighted by Crippen LogP contribution is -2.60. The van der Waals surface area contributed by atoms with Gasteiger partial charge in [-0.1, -0.05) is 12.1 Å². The van der Waals surface area contributed by atoms with E-state index in [2.05, 4.69) is 26.9 Å². The number of carbonyl (C=O) groups is 1. The van der Waals surface area contributed by atoms with Crippen LogP contribution in [-0.4, -0.2) is 59.2 Å². The van der Waals surface area contributed by atoms with Gasteiger partial charge < -0.3 is 14.4 Å². The van der Waals surface area contributed by atoms with Crippen LogP contribution >= 0.6 is 0 Å². The van der Waals surface area contributed by atoms with Gasteiger partial charge in [0.2, 0.25) is 6.79 Å². The molecule has 5 aliphatic heterocycles. The third-order valence-corrected chi connectivity index (χ3v) is 6.96. The molecular weight excluding hydrogens is 354 g/mol. The van der Waals surface area contributed by atoms with Crippen LogP contribution in [-0.2, 0) is 0 Å². The van der Waals surface area contributed by atoms with Gasteiger partial charge in [-0.3, -0.25) is 14.7 Å². The molecular formula is C22H23N3O3. The zero-order valence-corrected chi connectivity index (χ0v) is 15.7. The SMILES string of the molecule is O=C(c1ccccn1)N1C[C@H](c2ccc3c(c2)OCO3)[C@H]2[C@@H]1C1CCN2CC1. The number of pyridine rings is 1. The summed E-state index contributed by atoms with van der Waals surface area (Å²) >= 11 is 0. The summed E-state index contributed by atoms with van der Waals surface area (Å²) < 4.78 is 11.1. The molecule has 1 aromatic heterocycles. The molecule has 7 rings (SSSR count). The van der Waals surface area contributed by atoms with Crippen molar-refractivity contribution in [3.05, 3.63) is 53.9 Å². The normalized spacial score (nSPS) is 32.4. The molecule has 6 heterocycles. The van der Waals surface area contributed by atoms with Crippen molar-refractivity contribution in [3.63, 3.8) is 0 Å². The van der Waals surface area contributed by atoms with Crippen LogP contribution in [0.4, 0.5) is 0 Å². The highest BCUT2D eigenvalue weighted by molar-refractivity contribution is 5.93.